The predicted octanol–water partition coefficient (Wildman–Crippen LogP) is 4.99. The van der Waals surface area contributed by atoms with Crippen LogP contribution in [0.1, 0.15) is 27.0 Å². The van der Waals surface area contributed by atoms with E-state index in [2.05, 4.69) is 0 Å². The number of ether oxygens (including phenoxy) is 4. The summed E-state index contributed by atoms with van der Waals surface area (Å²) in [5, 5.41) is 11.0. The topological polar surface area (TPSA) is 74.2 Å². The maximum atomic E-state index is 13.3. The van der Waals surface area contributed by atoms with Crippen LogP contribution in [0.3, 0.4) is 0 Å². The lowest BCUT2D eigenvalue weighted by Gasteiger charge is -2.15. The van der Waals surface area contributed by atoms with Crippen LogP contribution in [0.25, 0.3) is 5.76 Å². The molecule has 0 amide bonds. The third kappa shape index (κ3) is 4.01. The molecule has 3 rings (SSSR count). The van der Waals surface area contributed by atoms with Crippen molar-refractivity contribution in [2.75, 3.05) is 28.4 Å². The number of allylic oxidation sites excluding steroid dienone is 5. The van der Waals surface area contributed by atoms with Crippen LogP contribution in [0.4, 0.5) is 0 Å². The summed E-state index contributed by atoms with van der Waals surface area (Å²) >= 11 is 0. The number of methoxy groups -OCH3 is 4. The Morgan fingerprint density at radius 2 is 1.39 bits per heavy atom. The Labute approximate surface area is 182 Å². The summed E-state index contributed by atoms with van der Waals surface area (Å²) in [6.07, 6.45) is 5.12. The fourth-order valence-electron chi connectivity index (χ4n) is 3.52. The molecule has 2 aromatic rings. The SMILES string of the molecule is COc1cc(C(=O)C2=CC=C/C2=C(/O)c2cc(OC)c(OC)c(OC)c2)cc(C)c1C. The van der Waals surface area contributed by atoms with Crippen molar-refractivity contribution in [2.24, 2.45) is 0 Å². The number of aryl methyl sites for hydroxylation is 1. The Balaban J connectivity index is 2.08. The van der Waals surface area contributed by atoms with E-state index in [1.807, 2.05) is 19.9 Å². The first-order valence-corrected chi connectivity index (χ1v) is 9.68. The summed E-state index contributed by atoms with van der Waals surface area (Å²) < 4.78 is 21.5. The van der Waals surface area contributed by atoms with E-state index in [9.17, 15) is 9.90 Å². The van der Waals surface area contributed by atoms with Crippen molar-refractivity contribution in [3.63, 3.8) is 0 Å². The Bertz CT molecular complexity index is 1100. The van der Waals surface area contributed by atoms with Gasteiger partial charge < -0.3 is 24.1 Å². The number of hydrogen-bond donors (Lipinski definition) is 1. The molecule has 0 saturated heterocycles. The summed E-state index contributed by atoms with van der Waals surface area (Å²) in [6.45, 7) is 3.88. The van der Waals surface area contributed by atoms with Gasteiger partial charge in [0.2, 0.25) is 5.75 Å². The molecule has 0 heterocycles. The highest BCUT2D eigenvalue weighted by Gasteiger charge is 2.24. The van der Waals surface area contributed by atoms with Crippen molar-refractivity contribution in [3.05, 3.63) is 75.9 Å². The summed E-state index contributed by atoms with van der Waals surface area (Å²) in [5.41, 5.74) is 3.66. The summed E-state index contributed by atoms with van der Waals surface area (Å²) in [6, 6.07) is 6.82. The highest BCUT2D eigenvalue weighted by molar-refractivity contribution is 6.14. The van der Waals surface area contributed by atoms with Crippen LogP contribution < -0.4 is 18.9 Å². The zero-order valence-electron chi connectivity index (χ0n) is 18.5. The second-order valence-electron chi connectivity index (χ2n) is 7.07. The van der Waals surface area contributed by atoms with Crippen LogP contribution in [0.5, 0.6) is 23.0 Å². The number of carbonyl (C=O) groups is 1. The van der Waals surface area contributed by atoms with Gasteiger partial charge in [0, 0.05) is 22.3 Å². The number of Topliss-reactive ketones (excluding diaryl/α,β-unsaturated/α-hetero) is 1. The molecule has 162 valence electrons. The van der Waals surface area contributed by atoms with Gasteiger partial charge in [-0.3, -0.25) is 4.79 Å². The van der Waals surface area contributed by atoms with Crippen molar-refractivity contribution in [1.29, 1.82) is 0 Å². The van der Waals surface area contributed by atoms with E-state index in [-0.39, 0.29) is 11.5 Å². The lowest BCUT2D eigenvalue weighted by atomic mass is 9.94. The van der Waals surface area contributed by atoms with Crippen molar-refractivity contribution < 1.29 is 28.8 Å². The zero-order valence-corrected chi connectivity index (χ0v) is 18.5. The first kappa shape index (κ1) is 22.0. The van der Waals surface area contributed by atoms with Gasteiger partial charge in [-0.2, -0.15) is 0 Å². The van der Waals surface area contributed by atoms with Gasteiger partial charge in [-0.05, 0) is 49.2 Å². The molecule has 0 unspecified atom stereocenters. The smallest absolute Gasteiger partial charge is 0.203 e. The minimum atomic E-state index is -0.208. The predicted molar refractivity (Wildman–Crippen MR) is 120 cm³/mol. The second kappa shape index (κ2) is 9.00. The van der Waals surface area contributed by atoms with E-state index in [1.165, 1.54) is 21.3 Å². The minimum absolute atomic E-state index is 0.0663. The third-order valence-electron chi connectivity index (χ3n) is 5.36. The van der Waals surface area contributed by atoms with Gasteiger partial charge in [-0.1, -0.05) is 18.2 Å². The van der Waals surface area contributed by atoms with Crippen LogP contribution >= 0.6 is 0 Å². The van der Waals surface area contributed by atoms with E-state index in [1.54, 1.807) is 43.5 Å². The van der Waals surface area contributed by atoms with Gasteiger partial charge in [-0.25, -0.2) is 0 Å². The molecular formula is C25H26O6. The summed E-state index contributed by atoms with van der Waals surface area (Å²) in [5.74, 6) is 1.60. The first-order chi connectivity index (χ1) is 14.9. The molecule has 0 fully saturated rings. The van der Waals surface area contributed by atoms with E-state index >= 15 is 0 Å². The van der Waals surface area contributed by atoms with Crippen molar-refractivity contribution in [3.8, 4) is 23.0 Å². The molecule has 0 bridgehead atoms. The fourth-order valence-corrected chi connectivity index (χ4v) is 3.52. The van der Waals surface area contributed by atoms with Crippen molar-refractivity contribution in [2.45, 2.75) is 13.8 Å². The second-order valence-corrected chi connectivity index (χ2v) is 7.07. The minimum Gasteiger partial charge on any atom is -0.507 e. The summed E-state index contributed by atoms with van der Waals surface area (Å²) in [4.78, 5) is 13.3. The molecule has 31 heavy (non-hydrogen) atoms. The van der Waals surface area contributed by atoms with Crippen LogP contribution in [0.15, 0.2) is 53.6 Å². The van der Waals surface area contributed by atoms with Crippen molar-refractivity contribution >= 4 is 11.5 Å². The Morgan fingerprint density at radius 3 is 1.94 bits per heavy atom. The number of ketones is 1. The molecule has 0 saturated carbocycles. The number of hydrogen-bond acceptors (Lipinski definition) is 6. The quantitative estimate of drug-likeness (QED) is 0.501. The van der Waals surface area contributed by atoms with Gasteiger partial charge in [0.05, 0.1) is 28.4 Å². The molecule has 6 heteroatoms. The van der Waals surface area contributed by atoms with Crippen LogP contribution in [-0.4, -0.2) is 39.3 Å². The Kier molecular flexibility index (Phi) is 6.39. The lowest BCUT2D eigenvalue weighted by molar-refractivity contribution is 0.103. The highest BCUT2D eigenvalue weighted by Crippen LogP contribution is 2.41. The Morgan fingerprint density at radius 1 is 0.806 bits per heavy atom. The van der Waals surface area contributed by atoms with Gasteiger partial charge in [-0.15, -0.1) is 0 Å². The number of carbonyl (C=O) groups excluding carboxylic acids is 1. The maximum absolute atomic E-state index is 13.3. The van der Waals surface area contributed by atoms with Gasteiger partial charge in [0.15, 0.2) is 17.3 Å². The molecule has 0 spiro atoms. The lowest BCUT2D eigenvalue weighted by Crippen LogP contribution is -2.07. The van der Waals surface area contributed by atoms with E-state index in [0.29, 0.717) is 45.3 Å². The number of benzene rings is 2. The van der Waals surface area contributed by atoms with Crippen LogP contribution in [0, 0.1) is 13.8 Å². The standard InChI is InChI=1S/C25H26O6/c1-14-10-16(11-20(28-3)15(14)2)23(26)18-8-7-9-19(18)24(27)17-12-21(29-4)25(31-6)22(13-17)30-5/h7-13,27H,1-6H3/b24-19-. The third-order valence-corrected chi connectivity index (χ3v) is 5.36. The summed E-state index contributed by atoms with van der Waals surface area (Å²) in [7, 11) is 6.09. The van der Waals surface area contributed by atoms with E-state index in [4.69, 9.17) is 18.9 Å². The Hall–Kier alpha value is -3.67. The molecular weight excluding hydrogens is 396 g/mol. The molecule has 1 N–H and O–H groups in total. The average molecular weight is 422 g/mol. The van der Waals surface area contributed by atoms with Gasteiger partial charge in [0.25, 0.3) is 0 Å². The molecule has 6 nitrogen and oxygen atoms in total. The molecule has 0 atom stereocenters. The van der Waals surface area contributed by atoms with Crippen LogP contribution in [-0.2, 0) is 0 Å². The zero-order chi connectivity index (χ0) is 22.7. The molecule has 1 aliphatic carbocycles. The molecule has 0 aromatic heterocycles. The average Bonchev–Trinajstić information content (AvgIpc) is 3.28. The molecule has 1 aliphatic rings. The van der Waals surface area contributed by atoms with Crippen LogP contribution in [0.2, 0.25) is 0 Å². The largest absolute Gasteiger partial charge is 0.507 e. The highest BCUT2D eigenvalue weighted by atomic mass is 16.5. The molecule has 0 radical (unpaired) electrons. The van der Waals surface area contributed by atoms with Gasteiger partial charge in [0.1, 0.15) is 11.5 Å². The maximum Gasteiger partial charge on any atom is 0.203 e. The van der Waals surface area contributed by atoms with Crippen molar-refractivity contribution in [1.82, 2.24) is 0 Å². The number of aliphatic hydroxyl groups excluding tert-OH is 1. The molecule has 0 aliphatic heterocycles. The fraction of sp³-hybridized carbons (Fsp3) is 0.240. The molecule has 2 aromatic carbocycles. The first-order valence-electron chi connectivity index (χ1n) is 9.68. The van der Waals surface area contributed by atoms with E-state index in [0.717, 1.165) is 11.1 Å². The normalized spacial score (nSPS) is 14.2. The monoisotopic (exact) mass is 422 g/mol. The van der Waals surface area contributed by atoms with E-state index < -0.39 is 0 Å². The number of rotatable bonds is 7. The number of aliphatic hydroxyl groups is 1. The van der Waals surface area contributed by atoms with Gasteiger partial charge >= 0.3 is 0 Å².